The van der Waals surface area contributed by atoms with Crippen molar-refractivity contribution in [3.05, 3.63) is 51.2 Å². The lowest BCUT2D eigenvalue weighted by Crippen LogP contribution is -2.28. The molecule has 1 aromatic carbocycles. The zero-order valence-corrected chi connectivity index (χ0v) is 15.4. The van der Waals surface area contributed by atoms with Crippen LogP contribution in [0.2, 0.25) is 0 Å². The van der Waals surface area contributed by atoms with E-state index in [1.165, 1.54) is 36.1 Å². The first-order valence-electron chi connectivity index (χ1n) is 8.99. The summed E-state index contributed by atoms with van der Waals surface area (Å²) in [5, 5.41) is 3.02. The number of ether oxygens (including phenoxy) is 1. The summed E-state index contributed by atoms with van der Waals surface area (Å²) in [6.45, 7) is 2.58. The summed E-state index contributed by atoms with van der Waals surface area (Å²) in [4.78, 5) is 17.2. The van der Waals surface area contributed by atoms with Gasteiger partial charge in [0.1, 0.15) is 5.75 Å². The van der Waals surface area contributed by atoms with Crippen LogP contribution in [0.25, 0.3) is 0 Å². The fraction of sp³-hybridized carbons (Fsp3) is 0.450. The van der Waals surface area contributed by atoms with Gasteiger partial charge in [-0.05, 0) is 42.2 Å². The Morgan fingerprint density at radius 1 is 1.24 bits per heavy atom. The molecular formula is C20H24N2O2S. The molecule has 0 radical (unpaired) electrons. The van der Waals surface area contributed by atoms with E-state index in [1.807, 2.05) is 24.3 Å². The predicted molar refractivity (Wildman–Crippen MR) is 100.0 cm³/mol. The van der Waals surface area contributed by atoms with Gasteiger partial charge >= 0.3 is 0 Å². The van der Waals surface area contributed by atoms with E-state index in [0.717, 1.165) is 35.3 Å². The zero-order valence-electron chi connectivity index (χ0n) is 14.6. The van der Waals surface area contributed by atoms with Crippen LogP contribution >= 0.6 is 11.3 Å². The van der Waals surface area contributed by atoms with Gasteiger partial charge in [-0.3, -0.25) is 9.69 Å². The molecule has 0 unspecified atom stereocenters. The Bertz CT molecular complexity index is 724. The Balaban J connectivity index is 1.34. The van der Waals surface area contributed by atoms with Gasteiger partial charge < -0.3 is 10.1 Å². The highest BCUT2D eigenvalue weighted by Gasteiger charge is 2.30. The number of hydrogen-bond donors (Lipinski definition) is 1. The Morgan fingerprint density at radius 3 is 2.68 bits per heavy atom. The van der Waals surface area contributed by atoms with Gasteiger partial charge in [-0.25, -0.2) is 0 Å². The average molecular weight is 356 g/mol. The third-order valence-corrected chi connectivity index (χ3v) is 6.45. The van der Waals surface area contributed by atoms with E-state index >= 15 is 0 Å². The normalized spacial score (nSPS) is 17.6. The molecule has 132 valence electrons. The number of thiophene rings is 1. The summed E-state index contributed by atoms with van der Waals surface area (Å²) in [6, 6.07) is 10.6. The number of hydrogen-bond acceptors (Lipinski definition) is 4. The second kappa shape index (κ2) is 7.18. The molecule has 25 heavy (non-hydrogen) atoms. The number of methoxy groups -OCH3 is 1. The summed E-state index contributed by atoms with van der Waals surface area (Å²) in [7, 11) is 1.65. The quantitative estimate of drug-likeness (QED) is 0.882. The smallest absolute Gasteiger partial charge is 0.261 e. The van der Waals surface area contributed by atoms with Gasteiger partial charge in [0.25, 0.3) is 5.91 Å². The topological polar surface area (TPSA) is 41.6 Å². The third kappa shape index (κ3) is 3.58. The van der Waals surface area contributed by atoms with Crippen LogP contribution in [0.4, 0.5) is 0 Å². The summed E-state index contributed by atoms with van der Waals surface area (Å²) < 4.78 is 5.15. The van der Waals surface area contributed by atoms with E-state index in [2.05, 4.69) is 16.3 Å². The number of benzene rings is 1. The summed E-state index contributed by atoms with van der Waals surface area (Å²) in [5.41, 5.74) is 2.43. The number of carbonyl (C=O) groups excluding carboxylic acids is 1. The lowest BCUT2D eigenvalue weighted by atomic mass is 10.2. The average Bonchev–Trinajstić information content (AvgIpc) is 3.35. The van der Waals surface area contributed by atoms with Gasteiger partial charge in [0.05, 0.1) is 12.0 Å². The SMILES string of the molecule is COc1ccc(CNC(=O)c2cc3c(s2)CN(C2CCCC2)C3)cc1. The van der Waals surface area contributed by atoms with Crippen molar-refractivity contribution in [2.24, 2.45) is 0 Å². The molecule has 1 aromatic heterocycles. The minimum atomic E-state index is 0.0302. The predicted octanol–water partition coefficient (Wildman–Crippen LogP) is 3.94. The molecule has 0 spiro atoms. The second-order valence-corrected chi connectivity index (χ2v) is 8.07. The van der Waals surface area contributed by atoms with E-state index in [-0.39, 0.29) is 5.91 Å². The lowest BCUT2D eigenvalue weighted by molar-refractivity contribution is 0.0954. The van der Waals surface area contributed by atoms with E-state index < -0.39 is 0 Å². The van der Waals surface area contributed by atoms with Gasteiger partial charge in [0.2, 0.25) is 0 Å². The number of fused-ring (bicyclic) bond motifs is 1. The summed E-state index contributed by atoms with van der Waals surface area (Å²) in [5.74, 6) is 0.860. The number of amides is 1. The third-order valence-electron chi connectivity index (χ3n) is 5.29. The first kappa shape index (κ1) is 16.6. The van der Waals surface area contributed by atoms with Crippen molar-refractivity contribution in [2.75, 3.05) is 7.11 Å². The summed E-state index contributed by atoms with van der Waals surface area (Å²) >= 11 is 1.66. The van der Waals surface area contributed by atoms with Crippen LogP contribution in [0, 0.1) is 0 Å². The van der Waals surface area contributed by atoms with Gasteiger partial charge in [0, 0.05) is 30.6 Å². The highest BCUT2D eigenvalue weighted by Crippen LogP contribution is 2.35. The molecule has 0 atom stereocenters. The fourth-order valence-corrected chi connectivity index (χ4v) is 4.96. The molecule has 1 aliphatic heterocycles. The molecule has 1 amide bonds. The monoisotopic (exact) mass is 356 g/mol. The van der Waals surface area contributed by atoms with Crippen molar-refractivity contribution < 1.29 is 9.53 Å². The Kier molecular flexibility index (Phi) is 4.77. The van der Waals surface area contributed by atoms with E-state index in [0.29, 0.717) is 6.54 Å². The van der Waals surface area contributed by atoms with Crippen LogP contribution in [-0.2, 0) is 19.6 Å². The second-order valence-electron chi connectivity index (χ2n) is 6.93. The molecule has 1 fully saturated rings. The van der Waals surface area contributed by atoms with Crippen molar-refractivity contribution in [1.82, 2.24) is 10.2 Å². The Morgan fingerprint density at radius 2 is 2.00 bits per heavy atom. The minimum Gasteiger partial charge on any atom is -0.497 e. The van der Waals surface area contributed by atoms with Crippen LogP contribution in [0.15, 0.2) is 30.3 Å². The van der Waals surface area contributed by atoms with Crippen molar-refractivity contribution >= 4 is 17.2 Å². The first-order valence-corrected chi connectivity index (χ1v) is 9.81. The van der Waals surface area contributed by atoms with Crippen LogP contribution < -0.4 is 10.1 Å². The molecule has 1 saturated carbocycles. The van der Waals surface area contributed by atoms with Crippen LogP contribution in [0.5, 0.6) is 5.75 Å². The van der Waals surface area contributed by atoms with Gasteiger partial charge in [0.15, 0.2) is 0 Å². The van der Waals surface area contributed by atoms with Crippen molar-refractivity contribution in [3.8, 4) is 5.75 Å². The summed E-state index contributed by atoms with van der Waals surface area (Å²) in [6.07, 6.45) is 5.41. The van der Waals surface area contributed by atoms with Crippen molar-refractivity contribution in [3.63, 3.8) is 0 Å². The molecule has 0 bridgehead atoms. The molecule has 4 rings (SSSR count). The number of carbonyl (C=O) groups is 1. The standard InChI is InChI=1S/C20H24N2O2S/c1-24-17-8-6-14(7-9-17)11-21-20(23)18-10-15-12-22(13-19(15)25-18)16-4-2-3-5-16/h6-10,16H,2-5,11-13H2,1H3,(H,21,23). The Labute approximate surface area is 152 Å². The van der Waals surface area contributed by atoms with E-state index in [9.17, 15) is 4.79 Å². The highest BCUT2D eigenvalue weighted by atomic mass is 32.1. The molecule has 1 N–H and O–H groups in total. The number of nitrogens with zero attached hydrogens (tertiary/aromatic N) is 1. The lowest BCUT2D eigenvalue weighted by Gasteiger charge is -2.22. The maximum atomic E-state index is 12.4. The van der Waals surface area contributed by atoms with Gasteiger partial charge in [-0.1, -0.05) is 25.0 Å². The van der Waals surface area contributed by atoms with Crippen LogP contribution in [-0.4, -0.2) is 24.0 Å². The van der Waals surface area contributed by atoms with Crippen molar-refractivity contribution in [2.45, 2.75) is 51.4 Å². The molecule has 2 aliphatic rings. The molecule has 4 nitrogen and oxygen atoms in total. The maximum Gasteiger partial charge on any atom is 0.261 e. The molecular weight excluding hydrogens is 332 g/mol. The Hall–Kier alpha value is -1.85. The van der Waals surface area contributed by atoms with E-state index in [1.54, 1.807) is 18.4 Å². The minimum absolute atomic E-state index is 0.0302. The number of nitrogens with one attached hydrogen (secondary N) is 1. The van der Waals surface area contributed by atoms with Gasteiger partial charge in [-0.2, -0.15) is 0 Å². The number of rotatable bonds is 5. The molecule has 5 heteroatoms. The highest BCUT2D eigenvalue weighted by molar-refractivity contribution is 7.14. The fourth-order valence-electron chi connectivity index (χ4n) is 3.85. The van der Waals surface area contributed by atoms with Gasteiger partial charge in [-0.15, -0.1) is 11.3 Å². The zero-order chi connectivity index (χ0) is 17.2. The van der Waals surface area contributed by atoms with Crippen molar-refractivity contribution in [1.29, 1.82) is 0 Å². The van der Waals surface area contributed by atoms with Crippen LogP contribution in [0.1, 0.15) is 51.4 Å². The van der Waals surface area contributed by atoms with Crippen LogP contribution in [0.3, 0.4) is 0 Å². The molecule has 0 saturated heterocycles. The maximum absolute atomic E-state index is 12.4. The first-order chi connectivity index (χ1) is 12.2. The molecule has 1 aliphatic carbocycles. The molecule has 2 aromatic rings. The van der Waals surface area contributed by atoms with E-state index in [4.69, 9.17) is 4.74 Å². The largest absolute Gasteiger partial charge is 0.497 e. The molecule has 2 heterocycles.